The van der Waals surface area contributed by atoms with Gasteiger partial charge in [-0.3, -0.25) is 4.79 Å². The molecule has 0 radical (unpaired) electrons. The van der Waals surface area contributed by atoms with Crippen LogP contribution in [0.25, 0.3) is 11.0 Å². The fraction of sp³-hybridized carbons (Fsp3) is 0.375. The molecule has 2 N–H and O–H groups in total. The zero-order valence-electron chi connectivity index (χ0n) is 13.6. The molecule has 3 aromatic rings. The smallest absolute Gasteiger partial charge is 0.226 e. The van der Waals surface area contributed by atoms with Gasteiger partial charge in [0.15, 0.2) is 0 Å². The first-order valence-corrected chi connectivity index (χ1v) is 7.60. The van der Waals surface area contributed by atoms with Crippen molar-refractivity contribution in [3.8, 4) is 0 Å². The number of carbonyl (C=O) groups excluding carboxylic acids is 1. The van der Waals surface area contributed by atoms with Gasteiger partial charge in [0, 0.05) is 6.54 Å². The summed E-state index contributed by atoms with van der Waals surface area (Å²) in [7, 11) is 0. The lowest BCUT2D eigenvalue weighted by atomic mass is 10.0. The molecule has 0 spiro atoms. The van der Waals surface area contributed by atoms with Crippen LogP contribution < -0.4 is 5.32 Å². The summed E-state index contributed by atoms with van der Waals surface area (Å²) in [6.45, 7) is 3.70. The minimum absolute atomic E-state index is 0.0512. The Bertz CT molecular complexity index is 856. The lowest BCUT2D eigenvalue weighted by molar-refractivity contribution is -0.123. The Morgan fingerprint density at radius 3 is 2.88 bits per heavy atom. The molecule has 1 aromatic carbocycles. The van der Waals surface area contributed by atoms with Gasteiger partial charge in [-0.2, -0.15) is 0 Å². The van der Waals surface area contributed by atoms with E-state index in [1.54, 1.807) is 20.2 Å². The van der Waals surface area contributed by atoms with Crippen molar-refractivity contribution in [1.29, 1.82) is 0 Å². The Morgan fingerprint density at radius 2 is 2.17 bits per heavy atom. The second-order valence-corrected chi connectivity index (χ2v) is 6.10. The molecule has 0 saturated heterocycles. The zero-order chi connectivity index (χ0) is 17.2. The van der Waals surface area contributed by atoms with Crippen LogP contribution in [-0.4, -0.2) is 43.0 Å². The number of nitrogens with one attached hydrogen (secondary N) is 1. The maximum atomic E-state index is 12.3. The SMILES string of the molecule is Cc1nonc1CC(=O)NC(C)(CO)Cn1cnc2ccccc21. The number of carbonyl (C=O) groups is 1. The van der Waals surface area contributed by atoms with E-state index in [1.807, 2.05) is 28.8 Å². The van der Waals surface area contributed by atoms with Crippen LogP contribution in [0.2, 0.25) is 0 Å². The maximum absolute atomic E-state index is 12.3. The summed E-state index contributed by atoms with van der Waals surface area (Å²) in [4.78, 5) is 16.6. The van der Waals surface area contributed by atoms with Crippen LogP contribution in [0, 0.1) is 6.92 Å². The van der Waals surface area contributed by atoms with Gasteiger partial charge in [0.05, 0.1) is 35.9 Å². The molecule has 2 aromatic heterocycles. The quantitative estimate of drug-likeness (QED) is 0.694. The third-order valence-corrected chi connectivity index (χ3v) is 3.91. The number of aromatic nitrogens is 4. The first-order chi connectivity index (χ1) is 11.5. The lowest BCUT2D eigenvalue weighted by Gasteiger charge is -2.29. The van der Waals surface area contributed by atoms with Gasteiger partial charge in [0.25, 0.3) is 0 Å². The van der Waals surface area contributed by atoms with Gasteiger partial charge in [-0.15, -0.1) is 0 Å². The Kier molecular flexibility index (Phi) is 4.30. The highest BCUT2D eigenvalue weighted by Gasteiger charge is 2.27. The molecule has 8 heteroatoms. The summed E-state index contributed by atoms with van der Waals surface area (Å²) in [5.41, 5.74) is 2.06. The van der Waals surface area contributed by atoms with Crippen LogP contribution in [0.5, 0.6) is 0 Å². The van der Waals surface area contributed by atoms with E-state index in [2.05, 4.69) is 25.2 Å². The number of amides is 1. The van der Waals surface area contributed by atoms with Gasteiger partial charge < -0.3 is 15.0 Å². The molecule has 1 unspecified atom stereocenters. The number of hydrogen-bond donors (Lipinski definition) is 2. The van der Waals surface area contributed by atoms with Gasteiger partial charge in [-0.25, -0.2) is 9.61 Å². The van der Waals surface area contributed by atoms with E-state index in [9.17, 15) is 9.90 Å². The van der Waals surface area contributed by atoms with Crippen LogP contribution in [0.1, 0.15) is 18.3 Å². The van der Waals surface area contributed by atoms with Gasteiger partial charge in [-0.1, -0.05) is 22.4 Å². The van der Waals surface area contributed by atoms with Gasteiger partial charge in [0.1, 0.15) is 11.4 Å². The molecule has 3 rings (SSSR count). The van der Waals surface area contributed by atoms with Crippen LogP contribution in [-0.2, 0) is 17.8 Å². The van der Waals surface area contributed by atoms with Crippen molar-refractivity contribution in [1.82, 2.24) is 25.2 Å². The summed E-state index contributed by atoms with van der Waals surface area (Å²) in [5, 5.41) is 20.0. The largest absolute Gasteiger partial charge is 0.394 e. The van der Waals surface area contributed by atoms with E-state index in [4.69, 9.17) is 0 Å². The second-order valence-electron chi connectivity index (χ2n) is 6.10. The highest BCUT2D eigenvalue weighted by atomic mass is 16.6. The van der Waals surface area contributed by atoms with Crippen LogP contribution in [0.15, 0.2) is 35.2 Å². The molecule has 0 aliphatic rings. The molecule has 0 fully saturated rings. The van der Waals surface area contributed by atoms with Crippen molar-refractivity contribution >= 4 is 16.9 Å². The minimum atomic E-state index is -0.828. The van der Waals surface area contributed by atoms with Crippen molar-refractivity contribution < 1.29 is 14.5 Å². The van der Waals surface area contributed by atoms with E-state index < -0.39 is 5.54 Å². The number of fused-ring (bicyclic) bond motifs is 1. The number of para-hydroxylation sites is 2. The number of aryl methyl sites for hydroxylation is 1. The molecule has 126 valence electrons. The zero-order valence-corrected chi connectivity index (χ0v) is 13.6. The number of benzene rings is 1. The summed E-state index contributed by atoms with van der Waals surface area (Å²) in [6, 6.07) is 7.71. The molecule has 24 heavy (non-hydrogen) atoms. The van der Waals surface area contributed by atoms with Gasteiger partial charge in [-0.05, 0) is 26.0 Å². The average molecular weight is 329 g/mol. The van der Waals surface area contributed by atoms with Crippen molar-refractivity contribution in [3.05, 3.63) is 42.0 Å². The topological polar surface area (TPSA) is 106 Å². The Labute approximate surface area is 138 Å². The van der Waals surface area contributed by atoms with Gasteiger partial charge in [0.2, 0.25) is 5.91 Å². The third-order valence-electron chi connectivity index (χ3n) is 3.91. The standard InChI is InChI=1S/C16H19N5O3/c1-11-13(20-24-19-11)7-15(23)18-16(2,9-22)8-21-10-17-12-5-3-4-6-14(12)21/h3-6,10,22H,7-9H2,1-2H3,(H,18,23). The number of nitrogens with zero attached hydrogens (tertiary/aromatic N) is 4. The van der Waals surface area contributed by atoms with Crippen molar-refractivity contribution in [2.75, 3.05) is 6.61 Å². The Balaban J connectivity index is 1.74. The number of hydrogen-bond acceptors (Lipinski definition) is 6. The Hall–Kier alpha value is -2.74. The molecular formula is C16H19N5O3. The highest BCUT2D eigenvalue weighted by molar-refractivity contribution is 5.79. The van der Waals surface area contributed by atoms with Crippen molar-refractivity contribution in [2.45, 2.75) is 32.4 Å². The molecule has 8 nitrogen and oxygen atoms in total. The van der Waals surface area contributed by atoms with Crippen LogP contribution in [0.3, 0.4) is 0 Å². The van der Waals surface area contributed by atoms with E-state index in [0.717, 1.165) is 11.0 Å². The molecule has 1 atom stereocenters. The monoisotopic (exact) mass is 329 g/mol. The van der Waals surface area contributed by atoms with E-state index in [-0.39, 0.29) is 18.9 Å². The molecule has 0 aliphatic heterocycles. The van der Waals surface area contributed by atoms with Crippen LogP contribution >= 0.6 is 0 Å². The third kappa shape index (κ3) is 3.28. The van der Waals surface area contributed by atoms with Crippen LogP contribution in [0.4, 0.5) is 0 Å². The Morgan fingerprint density at radius 1 is 1.38 bits per heavy atom. The van der Waals surface area contributed by atoms with Crippen molar-refractivity contribution in [2.24, 2.45) is 0 Å². The first-order valence-electron chi connectivity index (χ1n) is 7.60. The normalized spacial score (nSPS) is 13.8. The molecule has 0 bridgehead atoms. The highest BCUT2D eigenvalue weighted by Crippen LogP contribution is 2.16. The maximum Gasteiger partial charge on any atom is 0.226 e. The van der Waals surface area contributed by atoms with Gasteiger partial charge >= 0.3 is 0 Å². The molecule has 0 saturated carbocycles. The fourth-order valence-corrected chi connectivity index (χ4v) is 2.58. The summed E-state index contributed by atoms with van der Waals surface area (Å²) in [5.74, 6) is -0.255. The predicted molar refractivity (Wildman–Crippen MR) is 86.1 cm³/mol. The molecule has 1 amide bonds. The summed E-state index contributed by atoms with van der Waals surface area (Å²) >= 11 is 0. The van der Waals surface area contributed by atoms with E-state index >= 15 is 0 Å². The molecule has 2 heterocycles. The number of rotatable bonds is 6. The molecule has 0 aliphatic carbocycles. The first kappa shape index (κ1) is 16.1. The fourth-order valence-electron chi connectivity index (χ4n) is 2.58. The second kappa shape index (κ2) is 6.40. The summed E-state index contributed by atoms with van der Waals surface area (Å²) < 4.78 is 6.51. The lowest BCUT2D eigenvalue weighted by Crippen LogP contribution is -2.52. The predicted octanol–water partition coefficient (Wildman–Crippen LogP) is 0.838. The number of aliphatic hydroxyl groups excluding tert-OH is 1. The van der Waals surface area contributed by atoms with Crippen molar-refractivity contribution in [3.63, 3.8) is 0 Å². The van der Waals surface area contributed by atoms with E-state index in [1.165, 1.54) is 0 Å². The summed E-state index contributed by atoms with van der Waals surface area (Å²) in [6.07, 6.45) is 1.76. The average Bonchev–Trinajstić information content (AvgIpc) is 3.14. The van der Waals surface area contributed by atoms with E-state index in [0.29, 0.717) is 17.9 Å². The molecular weight excluding hydrogens is 310 g/mol. The number of aliphatic hydroxyl groups is 1. The number of imidazole rings is 1. The minimum Gasteiger partial charge on any atom is -0.394 e.